The van der Waals surface area contributed by atoms with Crippen molar-refractivity contribution < 1.29 is 38.1 Å². The number of unbranched alkanes of at least 4 members (excludes halogenated alkanes) is 2. The van der Waals surface area contributed by atoms with Crippen molar-refractivity contribution >= 4 is 24.0 Å². The van der Waals surface area contributed by atoms with Gasteiger partial charge in [-0.05, 0) is 25.7 Å². The van der Waals surface area contributed by atoms with Crippen molar-refractivity contribution in [2.24, 2.45) is 5.92 Å². The SMILES string of the molecule is C=CC(=O)OCCNC(=O)OCCCCCC(=O)OCCOC(=O)C(C)CC. The lowest BCUT2D eigenvalue weighted by Gasteiger charge is -2.09. The summed E-state index contributed by atoms with van der Waals surface area (Å²) in [5.41, 5.74) is 0. The number of carbonyl (C=O) groups is 4. The summed E-state index contributed by atoms with van der Waals surface area (Å²) in [7, 11) is 0. The highest BCUT2D eigenvalue weighted by atomic mass is 16.6. The number of alkyl carbamates (subject to hydrolysis) is 1. The highest BCUT2D eigenvalue weighted by Gasteiger charge is 2.12. The summed E-state index contributed by atoms with van der Waals surface area (Å²) in [5.74, 6) is -1.36. The molecule has 1 amide bonds. The molecule has 0 aromatic rings. The van der Waals surface area contributed by atoms with Crippen molar-refractivity contribution in [1.82, 2.24) is 5.32 Å². The molecule has 0 aliphatic heterocycles. The minimum Gasteiger partial charge on any atom is -0.462 e. The quantitative estimate of drug-likeness (QED) is 0.192. The van der Waals surface area contributed by atoms with Crippen LogP contribution in [-0.2, 0) is 33.3 Å². The lowest BCUT2D eigenvalue weighted by molar-refractivity contribution is -0.154. The van der Waals surface area contributed by atoms with Gasteiger partial charge in [0.05, 0.1) is 19.1 Å². The second-order valence-electron chi connectivity index (χ2n) is 5.94. The average molecular weight is 401 g/mol. The van der Waals surface area contributed by atoms with Gasteiger partial charge in [0.15, 0.2) is 0 Å². The van der Waals surface area contributed by atoms with E-state index in [0.717, 1.165) is 6.08 Å². The van der Waals surface area contributed by atoms with Gasteiger partial charge in [-0.1, -0.05) is 20.4 Å². The summed E-state index contributed by atoms with van der Waals surface area (Å²) in [5, 5.41) is 2.44. The van der Waals surface area contributed by atoms with E-state index in [1.165, 1.54) is 0 Å². The van der Waals surface area contributed by atoms with E-state index in [1.54, 1.807) is 6.92 Å². The van der Waals surface area contributed by atoms with Crippen LogP contribution in [0.1, 0.15) is 46.0 Å². The molecule has 0 aromatic carbocycles. The summed E-state index contributed by atoms with van der Waals surface area (Å²) >= 11 is 0. The molecule has 9 nitrogen and oxygen atoms in total. The van der Waals surface area contributed by atoms with E-state index >= 15 is 0 Å². The largest absolute Gasteiger partial charge is 0.462 e. The van der Waals surface area contributed by atoms with Crippen LogP contribution in [-0.4, -0.2) is 57.0 Å². The van der Waals surface area contributed by atoms with Crippen molar-refractivity contribution in [3.05, 3.63) is 12.7 Å². The Morgan fingerprint density at radius 3 is 2.32 bits per heavy atom. The van der Waals surface area contributed by atoms with Crippen molar-refractivity contribution in [1.29, 1.82) is 0 Å². The lowest BCUT2D eigenvalue weighted by Crippen LogP contribution is -2.28. The van der Waals surface area contributed by atoms with E-state index < -0.39 is 12.1 Å². The summed E-state index contributed by atoms with van der Waals surface area (Å²) in [6, 6.07) is 0. The number of hydrogen-bond donors (Lipinski definition) is 1. The fourth-order valence-corrected chi connectivity index (χ4v) is 1.81. The maximum Gasteiger partial charge on any atom is 0.407 e. The van der Waals surface area contributed by atoms with Gasteiger partial charge in [-0.15, -0.1) is 0 Å². The molecule has 9 heteroatoms. The zero-order valence-corrected chi connectivity index (χ0v) is 16.7. The minimum atomic E-state index is -0.596. The Balaban J connectivity index is 3.48. The number of ether oxygens (including phenoxy) is 4. The van der Waals surface area contributed by atoms with Gasteiger partial charge >= 0.3 is 24.0 Å². The molecule has 0 heterocycles. The third kappa shape index (κ3) is 14.6. The van der Waals surface area contributed by atoms with Gasteiger partial charge in [-0.3, -0.25) is 9.59 Å². The first kappa shape index (κ1) is 25.4. The van der Waals surface area contributed by atoms with E-state index in [1.807, 2.05) is 6.92 Å². The van der Waals surface area contributed by atoms with Crippen LogP contribution in [0.25, 0.3) is 0 Å². The number of rotatable bonds is 15. The van der Waals surface area contributed by atoms with Crippen LogP contribution < -0.4 is 5.32 Å². The molecule has 160 valence electrons. The van der Waals surface area contributed by atoms with E-state index in [2.05, 4.69) is 16.6 Å². The highest BCUT2D eigenvalue weighted by Crippen LogP contribution is 2.04. The molecule has 0 spiro atoms. The molecule has 0 rings (SSSR count). The van der Waals surface area contributed by atoms with Crippen LogP contribution in [0.2, 0.25) is 0 Å². The Morgan fingerprint density at radius 2 is 1.64 bits per heavy atom. The lowest BCUT2D eigenvalue weighted by atomic mass is 10.1. The minimum absolute atomic E-state index is 0.0406. The summed E-state index contributed by atoms with van der Waals surface area (Å²) in [6.07, 6.45) is 3.31. The number of amides is 1. The molecule has 1 N–H and O–H groups in total. The van der Waals surface area contributed by atoms with Gasteiger partial charge < -0.3 is 24.3 Å². The Morgan fingerprint density at radius 1 is 0.929 bits per heavy atom. The zero-order valence-electron chi connectivity index (χ0n) is 16.7. The first-order valence-electron chi connectivity index (χ1n) is 9.42. The van der Waals surface area contributed by atoms with Gasteiger partial charge in [0.1, 0.15) is 19.8 Å². The normalized spacial score (nSPS) is 11.1. The second-order valence-corrected chi connectivity index (χ2v) is 5.94. The zero-order chi connectivity index (χ0) is 21.2. The predicted octanol–water partition coefficient (Wildman–Crippen LogP) is 2.13. The van der Waals surface area contributed by atoms with Crippen molar-refractivity contribution in [3.63, 3.8) is 0 Å². The molecule has 0 aliphatic rings. The Hall–Kier alpha value is -2.58. The molecule has 0 aliphatic carbocycles. The summed E-state index contributed by atoms with van der Waals surface area (Å²) in [6.45, 7) is 7.45. The number of carbonyl (C=O) groups excluding carboxylic acids is 4. The van der Waals surface area contributed by atoms with Crippen LogP contribution in [0, 0.1) is 5.92 Å². The molecule has 0 radical (unpaired) electrons. The van der Waals surface area contributed by atoms with Crippen LogP contribution in [0.15, 0.2) is 12.7 Å². The fourth-order valence-electron chi connectivity index (χ4n) is 1.81. The van der Waals surface area contributed by atoms with Gasteiger partial charge in [-0.2, -0.15) is 0 Å². The van der Waals surface area contributed by atoms with Crippen molar-refractivity contribution in [3.8, 4) is 0 Å². The molecule has 0 fully saturated rings. The van der Waals surface area contributed by atoms with Crippen molar-refractivity contribution in [2.75, 3.05) is 33.0 Å². The van der Waals surface area contributed by atoms with Crippen LogP contribution >= 0.6 is 0 Å². The first-order valence-corrected chi connectivity index (χ1v) is 9.42. The fraction of sp³-hybridized carbons (Fsp3) is 0.684. The summed E-state index contributed by atoms with van der Waals surface area (Å²) < 4.78 is 19.6. The van der Waals surface area contributed by atoms with Crippen LogP contribution in [0.4, 0.5) is 4.79 Å². The highest BCUT2D eigenvalue weighted by molar-refractivity contribution is 5.81. The number of esters is 3. The van der Waals surface area contributed by atoms with E-state index in [0.29, 0.717) is 25.7 Å². The molecule has 1 atom stereocenters. The molecular weight excluding hydrogens is 370 g/mol. The maximum absolute atomic E-state index is 11.5. The number of hydrogen-bond acceptors (Lipinski definition) is 8. The van der Waals surface area contributed by atoms with Crippen LogP contribution in [0.5, 0.6) is 0 Å². The Labute approximate surface area is 165 Å². The van der Waals surface area contributed by atoms with Crippen LogP contribution in [0.3, 0.4) is 0 Å². The Bertz CT molecular complexity index is 506. The molecule has 0 bridgehead atoms. The molecule has 0 saturated heterocycles. The summed E-state index contributed by atoms with van der Waals surface area (Å²) in [4.78, 5) is 45.1. The third-order valence-corrected chi connectivity index (χ3v) is 3.65. The molecule has 0 saturated carbocycles. The standard InChI is InChI=1S/C19H31NO8/c1-4-15(3)18(23)27-14-13-26-17(22)9-7-6-8-11-28-19(24)20-10-12-25-16(21)5-2/h5,15H,2,4,6-14H2,1,3H3,(H,20,24). The first-order chi connectivity index (χ1) is 13.4. The smallest absolute Gasteiger partial charge is 0.407 e. The van der Waals surface area contributed by atoms with E-state index in [4.69, 9.17) is 14.2 Å². The van der Waals surface area contributed by atoms with Crippen molar-refractivity contribution in [2.45, 2.75) is 46.0 Å². The average Bonchev–Trinajstić information content (AvgIpc) is 2.69. The maximum atomic E-state index is 11.5. The van der Waals surface area contributed by atoms with E-state index in [9.17, 15) is 19.2 Å². The predicted molar refractivity (Wildman–Crippen MR) is 100 cm³/mol. The second kappa shape index (κ2) is 16.6. The topological polar surface area (TPSA) is 117 Å². The van der Waals surface area contributed by atoms with Gasteiger partial charge in [0, 0.05) is 12.5 Å². The van der Waals surface area contributed by atoms with Gasteiger partial charge in [0.2, 0.25) is 0 Å². The van der Waals surface area contributed by atoms with E-state index in [-0.39, 0.29) is 57.2 Å². The molecular formula is C19H31NO8. The molecule has 1 unspecified atom stereocenters. The molecule has 0 aromatic heterocycles. The number of nitrogens with one attached hydrogen (secondary N) is 1. The molecule has 28 heavy (non-hydrogen) atoms. The Kier molecular flexibility index (Phi) is 15.1. The monoisotopic (exact) mass is 401 g/mol. The van der Waals surface area contributed by atoms with Gasteiger partial charge in [0.25, 0.3) is 0 Å². The van der Waals surface area contributed by atoms with Gasteiger partial charge in [-0.25, -0.2) is 9.59 Å². The third-order valence-electron chi connectivity index (χ3n) is 3.65.